The first-order chi connectivity index (χ1) is 13.6. The number of rotatable bonds is 10. The van der Waals surface area contributed by atoms with E-state index >= 15 is 0 Å². The van der Waals surface area contributed by atoms with E-state index in [2.05, 4.69) is 0 Å². The van der Waals surface area contributed by atoms with E-state index in [4.69, 9.17) is 0 Å². The number of benzene rings is 2. The zero-order chi connectivity index (χ0) is 21.7. The number of aryl methyl sites for hydroxylation is 2. The fraction of sp³-hybridized carbons (Fsp3) is 0.400. The molecular weight excluding hydrogens is 428 g/mol. The molecule has 0 aromatic heterocycles. The van der Waals surface area contributed by atoms with Crippen LogP contribution in [0.4, 0.5) is 0 Å². The Morgan fingerprint density at radius 2 is 1.10 bits per heavy atom. The van der Waals surface area contributed by atoms with Crippen molar-refractivity contribution in [3.63, 3.8) is 0 Å². The molecule has 0 unspecified atom stereocenters. The lowest BCUT2D eigenvalue weighted by molar-refractivity contribution is 0.515. The molecule has 0 bridgehead atoms. The summed E-state index contributed by atoms with van der Waals surface area (Å²) in [5.41, 5.74) is 1.65. The molecular formula is C20H28N2O4S3. The summed E-state index contributed by atoms with van der Waals surface area (Å²) < 4.78 is 55.2. The molecule has 2 rings (SSSR count). The van der Waals surface area contributed by atoms with Gasteiger partial charge in [-0.3, -0.25) is 0 Å². The zero-order valence-corrected chi connectivity index (χ0v) is 19.6. The molecule has 0 amide bonds. The third kappa shape index (κ3) is 5.82. The van der Waals surface area contributed by atoms with Crippen LogP contribution in [0.25, 0.3) is 0 Å². The average Bonchev–Trinajstić information content (AvgIpc) is 2.67. The van der Waals surface area contributed by atoms with E-state index < -0.39 is 20.0 Å². The SMILES string of the molecule is CCCN(SN(CCC)S(=O)(=O)c1cccc(C)c1)S(=O)(=O)c1cccc(C)c1. The van der Waals surface area contributed by atoms with Crippen molar-refractivity contribution in [2.75, 3.05) is 13.1 Å². The largest absolute Gasteiger partial charge is 0.253 e. The van der Waals surface area contributed by atoms with Gasteiger partial charge < -0.3 is 0 Å². The molecule has 6 nitrogen and oxygen atoms in total. The molecule has 0 atom stereocenters. The monoisotopic (exact) mass is 456 g/mol. The van der Waals surface area contributed by atoms with E-state index in [0.29, 0.717) is 12.8 Å². The van der Waals surface area contributed by atoms with E-state index in [1.54, 1.807) is 24.3 Å². The number of hydrogen-bond acceptors (Lipinski definition) is 5. The van der Waals surface area contributed by atoms with Crippen LogP contribution >= 0.6 is 12.1 Å². The molecule has 0 radical (unpaired) electrons. The van der Waals surface area contributed by atoms with E-state index in [1.165, 1.54) is 19.6 Å². The Labute approximate surface area is 179 Å². The van der Waals surface area contributed by atoms with Crippen LogP contribution < -0.4 is 0 Å². The summed E-state index contributed by atoms with van der Waals surface area (Å²) in [4.78, 5) is 0.311. The molecule has 9 heteroatoms. The highest BCUT2D eigenvalue weighted by Crippen LogP contribution is 2.31. The summed E-state index contributed by atoms with van der Waals surface area (Å²) >= 11 is 0.745. The van der Waals surface area contributed by atoms with Crippen molar-refractivity contribution in [2.45, 2.75) is 50.3 Å². The van der Waals surface area contributed by atoms with Gasteiger partial charge in [-0.05, 0) is 62.1 Å². The van der Waals surface area contributed by atoms with E-state index in [1.807, 2.05) is 39.8 Å². The highest BCUT2D eigenvalue weighted by atomic mass is 32.3. The van der Waals surface area contributed by atoms with Gasteiger partial charge in [0, 0.05) is 25.2 Å². The van der Waals surface area contributed by atoms with Gasteiger partial charge in [0.15, 0.2) is 0 Å². The molecule has 0 aliphatic carbocycles. The maximum Gasteiger partial charge on any atom is 0.253 e. The van der Waals surface area contributed by atoms with Gasteiger partial charge in [-0.25, -0.2) is 16.8 Å². The number of hydrogen-bond donors (Lipinski definition) is 0. The van der Waals surface area contributed by atoms with Crippen molar-refractivity contribution in [3.8, 4) is 0 Å². The second-order valence-corrected chi connectivity index (χ2v) is 12.0. The molecule has 0 aliphatic heterocycles. The van der Waals surface area contributed by atoms with Crippen LogP contribution in [-0.2, 0) is 20.0 Å². The minimum absolute atomic E-state index is 0.155. The van der Waals surface area contributed by atoms with E-state index in [-0.39, 0.29) is 22.9 Å². The van der Waals surface area contributed by atoms with Crippen LogP contribution in [0, 0.1) is 13.8 Å². The van der Waals surface area contributed by atoms with Gasteiger partial charge in [0.1, 0.15) is 0 Å². The fourth-order valence-corrected chi connectivity index (χ4v) is 7.71. The average molecular weight is 457 g/mol. The van der Waals surface area contributed by atoms with Crippen LogP contribution in [0.3, 0.4) is 0 Å². The Balaban J connectivity index is 2.44. The molecule has 0 spiro atoms. The second kappa shape index (κ2) is 10.1. The minimum atomic E-state index is -3.86. The lowest BCUT2D eigenvalue weighted by Crippen LogP contribution is -2.34. The molecule has 0 saturated heterocycles. The fourth-order valence-electron chi connectivity index (χ4n) is 2.66. The third-order valence-electron chi connectivity index (χ3n) is 4.11. The number of sulfonamides is 2. The second-order valence-electron chi connectivity index (χ2n) is 6.78. The molecule has 0 saturated carbocycles. The van der Waals surface area contributed by atoms with Gasteiger partial charge in [0.2, 0.25) is 0 Å². The Kier molecular flexibility index (Phi) is 8.30. The Hall–Kier alpha value is -1.39. The lowest BCUT2D eigenvalue weighted by atomic mass is 10.2. The van der Waals surface area contributed by atoms with Crippen molar-refractivity contribution in [2.24, 2.45) is 0 Å². The quantitative estimate of drug-likeness (QED) is 0.496. The van der Waals surface area contributed by atoms with Gasteiger partial charge in [0.25, 0.3) is 20.0 Å². The van der Waals surface area contributed by atoms with Crippen molar-refractivity contribution >= 4 is 32.2 Å². The maximum absolute atomic E-state index is 13.2. The summed E-state index contributed by atoms with van der Waals surface area (Å²) in [6, 6.07) is 13.3. The predicted molar refractivity (Wildman–Crippen MR) is 118 cm³/mol. The maximum atomic E-state index is 13.2. The summed E-state index contributed by atoms with van der Waals surface area (Å²) in [6.07, 6.45) is 1.12. The molecule has 2 aromatic rings. The highest BCUT2D eigenvalue weighted by Gasteiger charge is 2.33. The van der Waals surface area contributed by atoms with Crippen LogP contribution in [0.2, 0.25) is 0 Å². The predicted octanol–water partition coefficient (Wildman–Crippen LogP) is 4.37. The molecule has 0 fully saturated rings. The lowest BCUT2D eigenvalue weighted by Gasteiger charge is -2.27. The Bertz CT molecular complexity index is 954. The summed E-state index contributed by atoms with van der Waals surface area (Å²) in [7, 11) is -7.72. The van der Waals surface area contributed by atoms with Gasteiger partial charge in [0.05, 0.1) is 9.79 Å². The van der Waals surface area contributed by atoms with Gasteiger partial charge in [-0.2, -0.15) is 0 Å². The van der Waals surface area contributed by atoms with Crippen molar-refractivity contribution in [1.82, 2.24) is 7.42 Å². The Morgan fingerprint density at radius 3 is 1.41 bits per heavy atom. The van der Waals surface area contributed by atoms with E-state index in [0.717, 1.165) is 23.3 Å². The van der Waals surface area contributed by atoms with Crippen molar-refractivity contribution in [1.29, 1.82) is 0 Å². The third-order valence-corrected chi connectivity index (χ3v) is 9.55. The van der Waals surface area contributed by atoms with Crippen molar-refractivity contribution in [3.05, 3.63) is 59.7 Å². The standard InChI is InChI=1S/C20H28N2O4S3/c1-5-13-21(28(23,24)19-11-7-9-17(3)15-19)27-22(14-6-2)29(25,26)20-12-8-10-18(4)16-20/h7-12,15-16H,5-6,13-14H2,1-4H3. The van der Waals surface area contributed by atoms with Crippen LogP contribution in [0.5, 0.6) is 0 Å². The molecule has 0 heterocycles. The van der Waals surface area contributed by atoms with Crippen LogP contribution in [0.1, 0.15) is 37.8 Å². The molecule has 29 heavy (non-hydrogen) atoms. The minimum Gasteiger partial charge on any atom is -0.206 e. The molecule has 2 aromatic carbocycles. The smallest absolute Gasteiger partial charge is 0.206 e. The van der Waals surface area contributed by atoms with E-state index in [9.17, 15) is 16.8 Å². The summed E-state index contributed by atoms with van der Waals surface area (Å²) in [6.45, 7) is 7.76. The van der Waals surface area contributed by atoms with Crippen LogP contribution in [-0.4, -0.2) is 37.3 Å². The van der Waals surface area contributed by atoms with Crippen molar-refractivity contribution < 1.29 is 16.8 Å². The molecule has 0 aliphatic rings. The first-order valence-electron chi connectivity index (χ1n) is 9.49. The van der Waals surface area contributed by atoms with Gasteiger partial charge in [-0.15, -0.1) is 7.42 Å². The van der Waals surface area contributed by atoms with Gasteiger partial charge in [-0.1, -0.05) is 38.1 Å². The summed E-state index contributed by atoms with van der Waals surface area (Å²) in [5, 5.41) is 0. The van der Waals surface area contributed by atoms with Gasteiger partial charge >= 0.3 is 0 Å². The first-order valence-corrected chi connectivity index (χ1v) is 13.1. The number of nitrogens with zero attached hydrogens (tertiary/aromatic N) is 2. The topological polar surface area (TPSA) is 74.8 Å². The van der Waals surface area contributed by atoms with Crippen LogP contribution in [0.15, 0.2) is 58.3 Å². The molecule has 160 valence electrons. The molecule has 0 N–H and O–H groups in total. The summed E-state index contributed by atoms with van der Waals surface area (Å²) in [5.74, 6) is 0. The first kappa shape index (κ1) is 23.9. The zero-order valence-electron chi connectivity index (χ0n) is 17.2. The highest BCUT2D eigenvalue weighted by molar-refractivity contribution is 8.13. The Morgan fingerprint density at radius 1 is 0.724 bits per heavy atom. The normalized spacial score (nSPS) is 12.6.